The van der Waals surface area contributed by atoms with E-state index in [-0.39, 0.29) is 17.9 Å². The Balaban J connectivity index is 2.34. The molecule has 0 radical (unpaired) electrons. The number of nitrogens with two attached hydrogens (primary N) is 1. The number of benzene rings is 1. The van der Waals surface area contributed by atoms with E-state index in [1.165, 1.54) is 6.07 Å². The van der Waals surface area contributed by atoms with Crippen molar-refractivity contribution in [3.05, 3.63) is 35.6 Å². The van der Waals surface area contributed by atoms with Crippen molar-refractivity contribution < 1.29 is 4.39 Å². The third kappa shape index (κ3) is 3.82. The summed E-state index contributed by atoms with van der Waals surface area (Å²) >= 11 is 0. The van der Waals surface area contributed by atoms with Gasteiger partial charge in [0.1, 0.15) is 5.82 Å². The van der Waals surface area contributed by atoms with E-state index in [0.717, 1.165) is 38.0 Å². The Bertz CT molecular complexity index is 449. The van der Waals surface area contributed by atoms with Crippen LogP contribution in [0.2, 0.25) is 0 Å². The molecule has 0 aliphatic carbocycles. The fraction of sp³-hybridized carbons (Fsp3) is 0.647. The van der Waals surface area contributed by atoms with Crippen LogP contribution < -0.4 is 5.73 Å². The van der Waals surface area contributed by atoms with Gasteiger partial charge in [0.05, 0.1) is 6.04 Å². The lowest BCUT2D eigenvalue weighted by molar-refractivity contribution is 0.111. The van der Waals surface area contributed by atoms with Gasteiger partial charge in [0.15, 0.2) is 0 Å². The maximum absolute atomic E-state index is 14.3. The topological polar surface area (TPSA) is 32.5 Å². The van der Waals surface area contributed by atoms with E-state index in [9.17, 15) is 4.39 Å². The van der Waals surface area contributed by atoms with Gasteiger partial charge >= 0.3 is 0 Å². The van der Waals surface area contributed by atoms with E-state index < -0.39 is 0 Å². The number of halogens is 1. The molecule has 1 fully saturated rings. The van der Waals surface area contributed by atoms with Gasteiger partial charge in [-0.1, -0.05) is 25.1 Å². The van der Waals surface area contributed by atoms with Crippen molar-refractivity contribution in [1.29, 1.82) is 0 Å². The van der Waals surface area contributed by atoms with E-state index in [1.807, 2.05) is 19.1 Å². The second kappa shape index (κ2) is 7.34. The summed E-state index contributed by atoms with van der Waals surface area (Å²) in [6.07, 6.45) is 2.16. The van der Waals surface area contributed by atoms with Crippen LogP contribution in [0.1, 0.15) is 38.3 Å². The highest BCUT2D eigenvalue weighted by atomic mass is 19.1. The average Bonchev–Trinajstić information content (AvgIpc) is 2.63. The first-order chi connectivity index (χ1) is 10.0. The monoisotopic (exact) mass is 293 g/mol. The molecule has 0 saturated carbocycles. The van der Waals surface area contributed by atoms with Gasteiger partial charge in [0.2, 0.25) is 0 Å². The van der Waals surface area contributed by atoms with Crippen LogP contribution in [0.5, 0.6) is 0 Å². The van der Waals surface area contributed by atoms with Crippen molar-refractivity contribution in [2.75, 3.05) is 26.7 Å². The lowest BCUT2D eigenvalue weighted by atomic mass is 9.96. The van der Waals surface area contributed by atoms with Crippen LogP contribution in [-0.2, 0) is 0 Å². The third-order valence-electron chi connectivity index (χ3n) is 4.50. The third-order valence-corrected chi connectivity index (χ3v) is 4.50. The molecular formula is C17H28FN3. The quantitative estimate of drug-likeness (QED) is 0.926. The van der Waals surface area contributed by atoms with Crippen molar-refractivity contribution in [2.24, 2.45) is 5.73 Å². The smallest absolute Gasteiger partial charge is 0.128 e. The Labute approximate surface area is 127 Å². The molecule has 0 bridgehead atoms. The molecule has 118 valence electrons. The molecule has 0 amide bonds. The summed E-state index contributed by atoms with van der Waals surface area (Å²) in [5.41, 5.74) is 6.98. The minimum absolute atomic E-state index is 0.0531. The van der Waals surface area contributed by atoms with E-state index in [0.29, 0.717) is 6.04 Å². The minimum atomic E-state index is -0.146. The number of likely N-dealkylation sites (N-methyl/N-ethyl adjacent to an activating group) is 1. The zero-order valence-corrected chi connectivity index (χ0v) is 13.4. The molecular weight excluding hydrogens is 265 g/mol. The van der Waals surface area contributed by atoms with Crippen LogP contribution in [0.15, 0.2) is 24.3 Å². The summed E-state index contributed by atoms with van der Waals surface area (Å²) in [6, 6.07) is 7.33. The van der Waals surface area contributed by atoms with Gasteiger partial charge in [0.25, 0.3) is 0 Å². The maximum atomic E-state index is 14.3. The van der Waals surface area contributed by atoms with Crippen molar-refractivity contribution in [3.63, 3.8) is 0 Å². The fourth-order valence-corrected chi connectivity index (χ4v) is 3.47. The minimum Gasteiger partial charge on any atom is -0.326 e. The summed E-state index contributed by atoms with van der Waals surface area (Å²) in [6.45, 7) is 7.28. The molecule has 0 spiro atoms. The van der Waals surface area contributed by atoms with Crippen molar-refractivity contribution in [3.8, 4) is 0 Å². The molecule has 2 N–H and O–H groups in total. The summed E-state index contributed by atoms with van der Waals surface area (Å²) in [4.78, 5) is 4.79. The fourth-order valence-electron chi connectivity index (χ4n) is 3.47. The molecule has 21 heavy (non-hydrogen) atoms. The van der Waals surface area contributed by atoms with Gasteiger partial charge < -0.3 is 10.6 Å². The highest BCUT2D eigenvalue weighted by Gasteiger charge is 2.32. The van der Waals surface area contributed by atoms with E-state index in [1.54, 1.807) is 6.07 Å². The summed E-state index contributed by atoms with van der Waals surface area (Å²) < 4.78 is 14.3. The SMILES string of the molecule is CCC1CN(C)CCCN1C(c1ccccc1F)C(C)N. The molecule has 0 aromatic heterocycles. The van der Waals surface area contributed by atoms with Crippen molar-refractivity contribution in [2.45, 2.75) is 44.8 Å². The zero-order chi connectivity index (χ0) is 15.4. The number of nitrogens with zero attached hydrogens (tertiary/aromatic N) is 2. The number of hydrogen-bond acceptors (Lipinski definition) is 3. The first-order valence-electron chi connectivity index (χ1n) is 7.98. The average molecular weight is 293 g/mol. The molecule has 1 saturated heterocycles. The Morgan fingerprint density at radius 2 is 2.05 bits per heavy atom. The molecule has 1 heterocycles. The highest BCUT2D eigenvalue weighted by molar-refractivity contribution is 5.23. The van der Waals surface area contributed by atoms with Crippen LogP contribution in [0.3, 0.4) is 0 Å². The summed E-state index contributed by atoms with van der Waals surface area (Å²) in [5.74, 6) is -0.146. The lowest BCUT2D eigenvalue weighted by Gasteiger charge is -2.39. The Morgan fingerprint density at radius 3 is 2.67 bits per heavy atom. The van der Waals surface area contributed by atoms with E-state index in [2.05, 4.69) is 23.8 Å². The van der Waals surface area contributed by atoms with E-state index >= 15 is 0 Å². The molecule has 1 aliphatic rings. The van der Waals surface area contributed by atoms with Gasteiger partial charge in [-0.15, -0.1) is 0 Å². The van der Waals surface area contributed by atoms with Gasteiger partial charge in [-0.25, -0.2) is 4.39 Å². The highest BCUT2D eigenvalue weighted by Crippen LogP contribution is 2.30. The Morgan fingerprint density at radius 1 is 1.33 bits per heavy atom. The molecule has 3 nitrogen and oxygen atoms in total. The maximum Gasteiger partial charge on any atom is 0.128 e. The van der Waals surface area contributed by atoms with Crippen LogP contribution in [0.4, 0.5) is 4.39 Å². The molecule has 3 atom stereocenters. The van der Waals surface area contributed by atoms with Gasteiger partial charge in [-0.05, 0) is 39.4 Å². The predicted molar refractivity (Wildman–Crippen MR) is 85.7 cm³/mol. The molecule has 1 aromatic rings. The first kappa shape index (κ1) is 16.4. The van der Waals surface area contributed by atoms with Crippen molar-refractivity contribution in [1.82, 2.24) is 9.80 Å². The molecule has 4 heteroatoms. The normalized spacial score (nSPS) is 24.5. The number of rotatable bonds is 4. The largest absolute Gasteiger partial charge is 0.326 e. The van der Waals surface area contributed by atoms with Gasteiger partial charge in [-0.3, -0.25) is 4.90 Å². The zero-order valence-electron chi connectivity index (χ0n) is 13.4. The molecule has 2 rings (SSSR count). The van der Waals surface area contributed by atoms with Crippen LogP contribution in [0, 0.1) is 5.82 Å². The van der Waals surface area contributed by atoms with E-state index in [4.69, 9.17) is 5.73 Å². The lowest BCUT2D eigenvalue weighted by Crippen LogP contribution is -2.47. The predicted octanol–water partition coefficient (Wildman–Crippen LogP) is 2.63. The summed E-state index contributed by atoms with van der Waals surface area (Å²) in [5, 5.41) is 0. The molecule has 3 unspecified atom stereocenters. The summed E-state index contributed by atoms with van der Waals surface area (Å²) in [7, 11) is 2.16. The second-order valence-corrected chi connectivity index (χ2v) is 6.24. The molecule has 1 aromatic carbocycles. The standard InChI is InChI=1S/C17H28FN3/c1-4-14-12-20(3)10-7-11-21(14)17(13(2)19)15-8-5-6-9-16(15)18/h5-6,8-9,13-14,17H,4,7,10-12,19H2,1-3H3. The first-order valence-corrected chi connectivity index (χ1v) is 7.98. The van der Waals surface area contributed by atoms with Crippen LogP contribution in [-0.4, -0.2) is 48.6 Å². The van der Waals surface area contributed by atoms with Gasteiger partial charge in [-0.2, -0.15) is 0 Å². The molecule has 1 aliphatic heterocycles. The van der Waals surface area contributed by atoms with Gasteiger partial charge in [0, 0.05) is 30.7 Å². The van der Waals surface area contributed by atoms with Crippen LogP contribution in [0.25, 0.3) is 0 Å². The number of hydrogen-bond donors (Lipinski definition) is 1. The van der Waals surface area contributed by atoms with Crippen LogP contribution >= 0.6 is 0 Å². The Kier molecular flexibility index (Phi) is 5.73. The second-order valence-electron chi connectivity index (χ2n) is 6.24. The Hall–Kier alpha value is -0.970. The van der Waals surface area contributed by atoms with Crippen molar-refractivity contribution >= 4 is 0 Å².